The molecule has 3 heterocycles. The lowest BCUT2D eigenvalue weighted by Crippen LogP contribution is -2.48. The standard InChI is InChI=1S/C14H17N3O2S/c1-14(19)5-3-7-17(8-14)13(18)11-10(15)9-4-2-6-16-12(9)20-11/h2,4,6,19H,3,5,7-8,15H2,1H3. The molecule has 0 saturated carbocycles. The molecule has 6 heteroatoms. The number of aliphatic hydroxyl groups is 1. The average molecular weight is 291 g/mol. The Kier molecular flexibility index (Phi) is 3.14. The maximum atomic E-state index is 12.6. The Morgan fingerprint density at radius 3 is 3.10 bits per heavy atom. The lowest BCUT2D eigenvalue weighted by molar-refractivity contribution is -0.0105. The van der Waals surface area contributed by atoms with Crippen molar-refractivity contribution in [1.82, 2.24) is 9.88 Å². The third kappa shape index (κ3) is 2.25. The number of rotatable bonds is 1. The molecule has 1 unspecified atom stereocenters. The van der Waals surface area contributed by atoms with Gasteiger partial charge in [0.2, 0.25) is 0 Å². The molecule has 1 amide bonds. The normalized spacial score (nSPS) is 23.2. The molecule has 1 aliphatic heterocycles. The summed E-state index contributed by atoms with van der Waals surface area (Å²) in [6.07, 6.45) is 3.22. The molecule has 0 bridgehead atoms. The number of thiophene rings is 1. The fourth-order valence-electron chi connectivity index (χ4n) is 2.65. The molecule has 2 aromatic rings. The Hall–Kier alpha value is -1.66. The van der Waals surface area contributed by atoms with E-state index >= 15 is 0 Å². The van der Waals surface area contributed by atoms with E-state index in [1.807, 2.05) is 12.1 Å². The van der Waals surface area contributed by atoms with Crippen LogP contribution in [0.1, 0.15) is 29.4 Å². The zero-order valence-electron chi connectivity index (χ0n) is 11.3. The zero-order valence-corrected chi connectivity index (χ0v) is 12.1. The number of nitrogens with zero attached hydrogens (tertiary/aromatic N) is 2. The number of fused-ring (bicyclic) bond motifs is 1. The van der Waals surface area contributed by atoms with Crippen LogP contribution in [-0.4, -0.2) is 39.6 Å². The Morgan fingerprint density at radius 2 is 2.40 bits per heavy atom. The van der Waals surface area contributed by atoms with Gasteiger partial charge in [0.25, 0.3) is 5.91 Å². The summed E-state index contributed by atoms with van der Waals surface area (Å²) in [6, 6.07) is 3.68. The fourth-order valence-corrected chi connectivity index (χ4v) is 3.68. The molecule has 20 heavy (non-hydrogen) atoms. The highest BCUT2D eigenvalue weighted by molar-refractivity contribution is 7.21. The summed E-state index contributed by atoms with van der Waals surface area (Å²) in [5.74, 6) is -0.106. The quantitative estimate of drug-likeness (QED) is 0.840. The van der Waals surface area contributed by atoms with Crippen LogP contribution in [0.2, 0.25) is 0 Å². The number of aromatic nitrogens is 1. The van der Waals surface area contributed by atoms with Crippen LogP contribution in [0.25, 0.3) is 10.2 Å². The summed E-state index contributed by atoms with van der Waals surface area (Å²) in [5.41, 5.74) is 5.76. The fraction of sp³-hybridized carbons (Fsp3) is 0.429. The number of β-amino-alcohol motifs (C(OH)–C–C–N with tert-alkyl or cyclic N) is 1. The molecule has 0 aliphatic carbocycles. The van der Waals surface area contributed by atoms with Crippen molar-refractivity contribution in [2.45, 2.75) is 25.4 Å². The number of hydrogen-bond acceptors (Lipinski definition) is 5. The molecular formula is C14H17N3O2S. The van der Waals surface area contributed by atoms with E-state index in [9.17, 15) is 9.90 Å². The predicted octanol–water partition coefficient (Wildman–Crippen LogP) is 1.87. The van der Waals surface area contributed by atoms with Gasteiger partial charge >= 0.3 is 0 Å². The van der Waals surface area contributed by atoms with Crippen molar-refractivity contribution in [2.75, 3.05) is 18.8 Å². The van der Waals surface area contributed by atoms with Gasteiger partial charge in [-0.3, -0.25) is 4.79 Å². The molecule has 5 nitrogen and oxygen atoms in total. The monoisotopic (exact) mass is 291 g/mol. The first-order valence-electron chi connectivity index (χ1n) is 6.62. The molecule has 0 spiro atoms. The van der Waals surface area contributed by atoms with Gasteiger partial charge < -0.3 is 15.7 Å². The maximum Gasteiger partial charge on any atom is 0.266 e. The molecule has 1 fully saturated rings. The predicted molar refractivity (Wildman–Crippen MR) is 79.8 cm³/mol. The third-order valence-corrected chi connectivity index (χ3v) is 4.78. The summed E-state index contributed by atoms with van der Waals surface area (Å²) in [4.78, 5) is 19.8. The van der Waals surface area contributed by atoms with Crippen LogP contribution >= 0.6 is 11.3 Å². The molecule has 106 valence electrons. The number of pyridine rings is 1. The number of hydrogen-bond donors (Lipinski definition) is 2. The first kappa shape index (κ1) is 13.3. The molecule has 0 aromatic carbocycles. The summed E-state index contributed by atoms with van der Waals surface area (Å²) >= 11 is 1.32. The number of nitrogens with two attached hydrogens (primary N) is 1. The van der Waals surface area contributed by atoms with E-state index in [0.29, 0.717) is 23.7 Å². The van der Waals surface area contributed by atoms with Gasteiger partial charge in [-0.1, -0.05) is 0 Å². The SMILES string of the molecule is CC1(O)CCCN(C(=O)c2sc3ncccc3c2N)C1. The van der Waals surface area contributed by atoms with Crippen LogP contribution in [0.5, 0.6) is 0 Å². The van der Waals surface area contributed by atoms with Gasteiger partial charge in [-0.05, 0) is 31.9 Å². The Balaban J connectivity index is 1.94. The van der Waals surface area contributed by atoms with Crippen LogP contribution in [0, 0.1) is 0 Å². The number of carbonyl (C=O) groups excluding carboxylic acids is 1. The summed E-state index contributed by atoms with van der Waals surface area (Å²) in [7, 11) is 0. The number of anilines is 1. The Labute approximate surface area is 121 Å². The summed E-state index contributed by atoms with van der Waals surface area (Å²) in [6.45, 7) is 2.78. The number of carbonyl (C=O) groups is 1. The molecule has 3 rings (SSSR count). The molecule has 3 N–H and O–H groups in total. The van der Waals surface area contributed by atoms with Gasteiger partial charge in [0.1, 0.15) is 9.71 Å². The van der Waals surface area contributed by atoms with Gasteiger partial charge in [-0.25, -0.2) is 4.98 Å². The minimum absolute atomic E-state index is 0.106. The molecule has 2 aromatic heterocycles. The van der Waals surface area contributed by atoms with Crippen molar-refractivity contribution >= 4 is 33.1 Å². The van der Waals surface area contributed by atoms with Crippen molar-refractivity contribution in [3.8, 4) is 0 Å². The van der Waals surface area contributed by atoms with E-state index in [4.69, 9.17) is 5.73 Å². The number of amides is 1. The van der Waals surface area contributed by atoms with Crippen LogP contribution in [0.3, 0.4) is 0 Å². The third-order valence-electron chi connectivity index (χ3n) is 3.66. The second kappa shape index (κ2) is 4.71. The molecular weight excluding hydrogens is 274 g/mol. The van der Waals surface area contributed by atoms with E-state index in [1.165, 1.54) is 11.3 Å². The van der Waals surface area contributed by atoms with Gasteiger partial charge in [0, 0.05) is 24.7 Å². The molecule has 0 radical (unpaired) electrons. The summed E-state index contributed by atoms with van der Waals surface area (Å²) in [5, 5.41) is 10.9. The van der Waals surface area contributed by atoms with Gasteiger partial charge in [0.15, 0.2) is 0 Å². The largest absolute Gasteiger partial charge is 0.397 e. The second-order valence-electron chi connectivity index (χ2n) is 5.53. The Bertz CT molecular complexity index is 665. The highest BCUT2D eigenvalue weighted by Gasteiger charge is 2.32. The van der Waals surface area contributed by atoms with Crippen LogP contribution < -0.4 is 5.73 Å². The van der Waals surface area contributed by atoms with Gasteiger partial charge in [0.05, 0.1) is 11.3 Å². The highest BCUT2D eigenvalue weighted by Crippen LogP contribution is 2.34. The van der Waals surface area contributed by atoms with Crippen molar-refractivity contribution in [3.63, 3.8) is 0 Å². The van der Waals surface area contributed by atoms with Gasteiger partial charge in [-0.15, -0.1) is 11.3 Å². The highest BCUT2D eigenvalue weighted by atomic mass is 32.1. The van der Waals surface area contributed by atoms with E-state index in [-0.39, 0.29) is 5.91 Å². The van der Waals surface area contributed by atoms with Crippen molar-refractivity contribution < 1.29 is 9.90 Å². The van der Waals surface area contributed by atoms with Crippen LogP contribution in [-0.2, 0) is 0 Å². The van der Waals surface area contributed by atoms with E-state index in [0.717, 1.165) is 23.1 Å². The van der Waals surface area contributed by atoms with Gasteiger partial charge in [-0.2, -0.15) is 0 Å². The molecule has 1 atom stereocenters. The Morgan fingerprint density at radius 1 is 1.60 bits per heavy atom. The molecule has 1 aliphatic rings. The van der Waals surface area contributed by atoms with Crippen LogP contribution in [0.15, 0.2) is 18.3 Å². The lowest BCUT2D eigenvalue weighted by Gasteiger charge is -2.36. The average Bonchev–Trinajstić information content (AvgIpc) is 2.75. The second-order valence-corrected chi connectivity index (χ2v) is 6.53. The van der Waals surface area contributed by atoms with E-state index in [2.05, 4.69) is 4.98 Å². The number of piperidine rings is 1. The minimum Gasteiger partial charge on any atom is -0.397 e. The first-order valence-corrected chi connectivity index (χ1v) is 7.44. The van der Waals surface area contributed by atoms with Crippen LogP contribution in [0.4, 0.5) is 5.69 Å². The van der Waals surface area contributed by atoms with E-state index < -0.39 is 5.60 Å². The maximum absolute atomic E-state index is 12.6. The number of nitrogen functional groups attached to an aromatic ring is 1. The number of likely N-dealkylation sites (tertiary alicyclic amines) is 1. The van der Waals surface area contributed by atoms with Crippen molar-refractivity contribution in [1.29, 1.82) is 0 Å². The van der Waals surface area contributed by atoms with E-state index in [1.54, 1.807) is 18.0 Å². The molecule has 1 saturated heterocycles. The lowest BCUT2D eigenvalue weighted by atomic mass is 9.95. The first-order chi connectivity index (χ1) is 9.48. The smallest absolute Gasteiger partial charge is 0.266 e. The summed E-state index contributed by atoms with van der Waals surface area (Å²) < 4.78 is 0. The zero-order chi connectivity index (χ0) is 14.3. The van der Waals surface area contributed by atoms with Crippen molar-refractivity contribution in [2.24, 2.45) is 0 Å². The topological polar surface area (TPSA) is 79.5 Å². The van der Waals surface area contributed by atoms with Crippen molar-refractivity contribution in [3.05, 3.63) is 23.2 Å². The minimum atomic E-state index is -0.808.